The summed E-state index contributed by atoms with van der Waals surface area (Å²) in [6, 6.07) is -0.377. The Morgan fingerprint density at radius 3 is 2.67 bits per heavy atom. The zero-order valence-electron chi connectivity index (χ0n) is 11.0. The predicted octanol–water partition coefficient (Wildman–Crippen LogP) is 1.28. The average Bonchev–Trinajstić information content (AvgIpc) is 2.84. The molecule has 96 valence electrons. The monoisotopic (exact) mass is 248 g/mol. The van der Waals surface area contributed by atoms with Gasteiger partial charge in [0.25, 0.3) is 0 Å². The second kappa shape index (κ2) is 4.32. The Kier molecular flexibility index (Phi) is 2.98. The smallest absolute Gasteiger partial charge is 0.243 e. The number of carbonyl (C=O) groups excluding carboxylic acids is 1. The third-order valence-corrected chi connectivity index (χ3v) is 2.30. The molecule has 0 aromatic carbocycles. The van der Waals surface area contributed by atoms with Crippen molar-refractivity contribution >= 4 is 6.03 Å². The molecule has 0 bridgehead atoms. The Morgan fingerprint density at radius 1 is 1.39 bits per heavy atom. The van der Waals surface area contributed by atoms with Crippen LogP contribution in [-0.4, -0.2) is 35.6 Å². The third kappa shape index (κ3) is 2.61. The lowest BCUT2D eigenvalue weighted by atomic mass is 9.92. The van der Waals surface area contributed by atoms with Crippen LogP contribution in [0.2, 0.25) is 0 Å². The summed E-state index contributed by atoms with van der Waals surface area (Å²) >= 11 is 0. The molecule has 2 aromatic rings. The summed E-state index contributed by atoms with van der Waals surface area (Å²) in [5.41, 5.74) is 0.0783. The Morgan fingerprint density at radius 2 is 2.11 bits per heavy atom. The molecule has 7 nitrogen and oxygen atoms in total. The van der Waals surface area contributed by atoms with E-state index < -0.39 is 0 Å². The van der Waals surface area contributed by atoms with E-state index in [0.717, 1.165) is 4.68 Å². The predicted molar refractivity (Wildman–Crippen MR) is 64.1 cm³/mol. The van der Waals surface area contributed by atoms with E-state index in [2.05, 4.69) is 40.9 Å². The largest absolute Gasteiger partial charge is 0.372 e. The second-order valence-electron chi connectivity index (χ2n) is 5.35. The van der Waals surface area contributed by atoms with Gasteiger partial charge in [0, 0.05) is 6.42 Å². The van der Waals surface area contributed by atoms with Crippen molar-refractivity contribution in [1.29, 1.82) is 0 Å². The quantitative estimate of drug-likeness (QED) is 0.759. The van der Waals surface area contributed by atoms with Crippen molar-refractivity contribution in [2.24, 2.45) is 5.41 Å². The summed E-state index contributed by atoms with van der Waals surface area (Å²) < 4.78 is 2.37. The molecule has 2 heterocycles. The van der Waals surface area contributed by atoms with E-state index in [0.29, 0.717) is 18.1 Å². The highest BCUT2D eigenvalue weighted by Gasteiger charge is 2.19. The molecular formula is C11H16N6O. The molecular weight excluding hydrogens is 232 g/mol. The molecule has 0 aliphatic carbocycles. The molecule has 0 saturated heterocycles. The SMILES string of the molecule is Cc1nc(CC(C)(C)C)nn1C(=O)n1cncn1. The van der Waals surface area contributed by atoms with Gasteiger partial charge in [-0.3, -0.25) is 0 Å². The number of carbonyl (C=O) groups is 1. The molecule has 0 aliphatic heterocycles. The van der Waals surface area contributed by atoms with Gasteiger partial charge < -0.3 is 0 Å². The van der Waals surface area contributed by atoms with Crippen molar-refractivity contribution in [3.63, 3.8) is 0 Å². The first-order valence-corrected chi connectivity index (χ1v) is 5.69. The van der Waals surface area contributed by atoms with Gasteiger partial charge in [0.05, 0.1) is 0 Å². The van der Waals surface area contributed by atoms with Crippen molar-refractivity contribution in [3.05, 3.63) is 24.3 Å². The van der Waals surface area contributed by atoms with E-state index in [1.54, 1.807) is 6.92 Å². The number of aromatic nitrogens is 6. The normalized spacial score (nSPS) is 11.8. The minimum atomic E-state index is -0.377. The van der Waals surface area contributed by atoms with Gasteiger partial charge in [-0.05, 0) is 12.3 Å². The first-order valence-electron chi connectivity index (χ1n) is 5.69. The molecule has 0 atom stereocenters. The summed E-state index contributed by atoms with van der Waals surface area (Å²) in [6.45, 7) is 8.04. The number of rotatable bonds is 1. The summed E-state index contributed by atoms with van der Waals surface area (Å²) in [6.07, 6.45) is 3.36. The van der Waals surface area contributed by atoms with Crippen LogP contribution in [0.5, 0.6) is 0 Å². The summed E-state index contributed by atoms with van der Waals surface area (Å²) in [5, 5.41) is 8.00. The lowest BCUT2D eigenvalue weighted by Crippen LogP contribution is -2.22. The third-order valence-electron chi connectivity index (χ3n) is 2.30. The van der Waals surface area contributed by atoms with Crippen LogP contribution in [0.3, 0.4) is 0 Å². The summed E-state index contributed by atoms with van der Waals surface area (Å²) in [4.78, 5) is 20.1. The number of nitrogens with zero attached hydrogens (tertiary/aromatic N) is 6. The van der Waals surface area contributed by atoms with Crippen LogP contribution in [0, 0.1) is 12.3 Å². The minimum absolute atomic E-state index is 0.0783. The van der Waals surface area contributed by atoms with Gasteiger partial charge in [-0.15, -0.1) is 5.10 Å². The maximum absolute atomic E-state index is 12.0. The molecule has 0 spiro atoms. The molecule has 0 unspecified atom stereocenters. The van der Waals surface area contributed by atoms with Crippen molar-refractivity contribution in [2.45, 2.75) is 34.1 Å². The average molecular weight is 248 g/mol. The topological polar surface area (TPSA) is 78.5 Å². The molecule has 2 aromatic heterocycles. The molecule has 18 heavy (non-hydrogen) atoms. The fourth-order valence-electron chi connectivity index (χ4n) is 1.58. The lowest BCUT2D eigenvalue weighted by molar-refractivity contribution is 0.237. The molecule has 2 rings (SSSR count). The van der Waals surface area contributed by atoms with Gasteiger partial charge in [-0.25, -0.2) is 14.8 Å². The van der Waals surface area contributed by atoms with E-state index in [1.807, 2.05) is 0 Å². The number of aryl methyl sites for hydroxylation is 1. The Labute approximate surface area is 105 Å². The van der Waals surface area contributed by atoms with E-state index in [-0.39, 0.29) is 11.4 Å². The van der Waals surface area contributed by atoms with Gasteiger partial charge in [0.1, 0.15) is 18.5 Å². The van der Waals surface area contributed by atoms with Crippen LogP contribution in [0.25, 0.3) is 0 Å². The lowest BCUT2D eigenvalue weighted by Gasteiger charge is -2.14. The van der Waals surface area contributed by atoms with Crippen molar-refractivity contribution in [2.75, 3.05) is 0 Å². The second-order valence-corrected chi connectivity index (χ2v) is 5.35. The van der Waals surface area contributed by atoms with E-state index in [1.165, 1.54) is 17.3 Å². The Hall–Kier alpha value is -2.05. The van der Waals surface area contributed by atoms with Crippen LogP contribution in [0.4, 0.5) is 4.79 Å². The van der Waals surface area contributed by atoms with Crippen LogP contribution >= 0.6 is 0 Å². The number of hydrogen-bond acceptors (Lipinski definition) is 5. The highest BCUT2D eigenvalue weighted by Crippen LogP contribution is 2.18. The first-order chi connectivity index (χ1) is 8.37. The molecule has 0 aliphatic rings. The maximum atomic E-state index is 12.0. The van der Waals surface area contributed by atoms with E-state index >= 15 is 0 Å². The van der Waals surface area contributed by atoms with Crippen molar-refractivity contribution in [1.82, 2.24) is 29.5 Å². The zero-order chi connectivity index (χ0) is 13.3. The molecule has 0 radical (unpaired) electrons. The summed E-state index contributed by atoms with van der Waals surface area (Å²) in [5.74, 6) is 1.21. The molecule has 7 heteroatoms. The van der Waals surface area contributed by atoms with Crippen LogP contribution in [-0.2, 0) is 6.42 Å². The van der Waals surface area contributed by atoms with E-state index in [4.69, 9.17) is 0 Å². The fraction of sp³-hybridized carbons (Fsp3) is 0.545. The van der Waals surface area contributed by atoms with Gasteiger partial charge in [-0.2, -0.15) is 14.5 Å². The van der Waals surface area contributed by atoms with Gasteiger partial charge >= 0.3 is 6.03 Å². The van der Waals surface area contributed by atoms with Gasteiger partial charge in [-0.1, -0.05) is 20.8 Å². The highest BCUT2D eigenvalue weighted by atomic mass is 16.2. The maximum Gasteiger partial charge on any atom is 0.372 e. The van der Waals surface area contributed by atoms with Crippen LogP contribution in [0.15, 0.2) is 12.7 Å². The molecule has 0 fully saturated rings. The zero-order valence-corrected chi connectivity index (χ0v) is 11.0. The van der Waals surface area contributed by atoms with Crippen LogP contribution in [0.1, 0.15) is 32.4 Å². The minimum Gasteiger partial charge on any atom is -0.243 e. The Bertz CT molecular complexity index is 549. The van der Waals surface area contributed by atoms with Crippen molar-refractivity contribution < 1.29 is 4.79 Å². The van der Waals surface area contributed by atoms with Gasteiger partial charge in [0.2, 0.25) is 0 Å². The van der Waals surface area contributed by atoms with Gasteiger partial charge in [0.15, 0.2) is 5.82 Å². The van der Waals surface area contributed by atoms with Crippen molar-refractivity contribution in [3.8, 4) is 0 Å². The van der Waals surface area contributed by atoms with Crippen LogP contribution < -0.4 is 0 Å². The molecule has 0 amide bonds. The standard InChI is InChI=1S/C11H16N6O/c1-8-14-9(5-11(2,3)4)15-17(8)10(18)16-7-12-6-13-16/h6-7H,5H2,1-4H3. The number of hydrogen-bond donors (Lipinski definition) is 0. The molecule has 0 N–H and O–H groups in total. The highest BCUT2D eigenvalue weighted by molar-refractivity contribution is 5.77. The fourth-order valence-corrected chi connectivity index (χ4v) is 1.58. The Balaban J connectivity index is 2.27. The van der Waals surface area contributed by atoms with E-state index in [9.17, 15) is 4.79 Å². The first kappa shape index (κ1) is 12.4. The molecule has 0 saturated carbocycles. The summed E-state index contributed by atoms with van der Waals surface area (Å²) in [7, 11) is 0.